The van der Waals surface area contributed by atoms with E-state index in [1.54, 1.807) is 12.1 Å². The third-order valence-corrected chi connectivity index (χ3v) is 21.8. The Labute approximate surface area is 207 Å². The Hall–Kier alpha value is 1.30. The molecule has 0 unspecified atom stereocenters. The van der Waals surface area contributed by atoms with E-state index in [4.69, 9.17) is 49.4 Å². The number of benzene rings is 1. The van der Waals surface area contributed by atoms with Crippen LogP contribution in [0.4, 0.5) is 0 Å². The second-order valence-electron chi connectivity index (χ2n) is 5.57. The molecular weight excluding hydrogens is 617 g/mol. The molecule has 1 fully saturated rings. The molecule has 0 saturated carbocycles. The summed E-state index contributed by atoms with van der Waals surface area (Å²) in [6, 6.07) is 9.09. The molecular formula is C6H28O13Si12. The quantitative estimate of drug-likeness (QED) is 0.291. The SMILES string of the molecule is O[Si]1(c2ccccc2)O[SiH2]O[SiH2]O[SiH2]O[SiH2]O[SiH2]O[SiH2]O[SiH2]O[SiH2]O[SiH2]O[SiH2]O[SiH2]O1. The molecule has 178 valence electrons. The van der Waals surface area contributed by atoms with Crippen molar-refractivity contribution in [2.75, 3.05) is 0 Å². The molecule has 31 heavy (non-hydrogen) atoms. The van der Waals surface area contributed by atoms with Crippen LogP contribution < -0.4 is 5.19 Å². The lowest BCUT2D eigenvalue weighted by Crippen LogP contribution is -2.56. The fourth-order valence-corrected chi connectivity index (χ4v) is 25.0. The summed E-state index contributed by atoms with van der Waals surface area (Å²) in [7, 11) is -16.3. The summed E-state index contributed by atoms with van der Waals surface area (Å²) in [5, 5.41) is 0.622. The van der Waals surface area contributed by atoms with E-state index in [2.05, 4.69) is 0 Å². The molecule has 13 nitrogen and oxygen atoms in total. The zero-order valence-corrected chi connectivity index (χ0v) is 33.6. The standard InChI is InChI=1S/C6H28O13Si12/c7-31(6-4-2-1-3-5-6)18-29-16-27-14-25-12-23-10-21-8-20-9-22-11-24-13-26-15-28-17-30-19-31/h1-5,7H,20-30H2. The maximum absolute atomic E-state index is 11.0. The van der Waals surface area contributed by atoms with Crippen LogP contribution in [0.15, 0.2) is 30.3 Å². The van der Waals surface area contributed by atoms with Crippen molar-refractivity contribution >= 4 is 124 Å². The summed E-state index contributed by atoms with van der Waals surface area (Å²) in [5.41, 5.74) is 0. The van der Waals surface area contributed by atoms with Crippen LogP contribution in [0.3, 0.4) is 0 Å². The summed E-state index contributed by atoms with van der Waals surface area (Å²) in [4.78, 5) is 11.0. The molecule has 25 heteroatoms. The number of hydrogen-bond acceptors (Lipinski definition) is 13. The van der Waals surface area contributed by atoms with Gasteiger partial charge in [-0.1, -0.05) is 30.3 Å². The molecule has 1 aromatic rings. The minimum absolute atomic E-state index is 0.622. The molecule has 1 saturated heterocycles. The minimum Gasteiger partial charge on any atom is -0.425 e. The van der Waals surface area contributed by atoms with Gasteiger partial charge in [-0.25, -0.2) is 0 Å². The Morgan fingerprint density at radius 1 is 0.452 bits per heavy atom. The highest BCUT2D eigenvalue weighted by Gasteiger charge is 2.39. The summed E-state index contributed by atoms with van der Waals surface area (Å²) in [5.74, 6) is 0. The fraction of sp³-hybridized carbons (Fsp3) is 0. The lowest BCUT2D eigenvalue weighted by Gasteiger charge is -2.25. The van der Waals surface area contributed by atoms with E-state index in [0.717, 1.165) is 0 Å². The van der Waals surface area contributed by atoms with E-state index in [9.17, 15) is 4.80 Å². The maximum atomic E-state index is 11.0. The van der Waals surface area contributed by atoms with E-state index >= 15 is 0 Å². The zero-order chi connectivity index (χ0) is 21.9. The van der Waals surface area contributed by atoms with Gasteiger partial charge in [0.05, 0.1) is 0 Å². The van der Waals surface area contributed by atoms with E-state index in [1.807, 2.05) is 18.2 Å². The van der Waals surface area contributed by atoms with Crippen molar-refractivity contribution in [3.63, 3.8) is 0 Å². The average Bonchev–Trinajstić information content (AvgIpc) is 2.79. The molecule has 1 aliphatic rings. The van der Waals surface area contributed by atoms with E-state index in [1.165, 1.54) is 0 Å². The van der Waals surface area contributed by atoms with Gasteiger partial charge >= 0.3 is 8.80 Å². The monoisotopic (exact) mass is 644 g/mol. The topological polar surface area (TPSA) is 131 Å². The van der Waals surface area contributed by atoms with E-state index in [-0.39, 0.29) is 0 Å². The molecule has 0 radical (unpaired) electrons. The van der Waals surface area contributed by atoms with Crippen molar-refractivity contribution in [3.8, 4) is 0 Å². The Bertz CT molecular complexity index is 525. The summed E-state index contributed by atoms with van der Waals surface area (Å²) < 4.78 is 66.3. The third kappa shape index (κ3) is 14.3. The lowest BCUT2D eigenvalue weighted by molar-refractivity contribution is 0.248. The molecule has 0 aliphatic carbocycles. The van der Waals surface area contributed by atoms with Crippen molar-refractivity contribution in [1.29, 1.82) is 0 Å². The number of rotatable bonds is 1. The normalized spacial score (nSPS) is 34.5. The third-order valence-electron chi connectivity index (χ3n) is 3.31. The molecule has 2 rings (SSSR count). The van der Waals surface area contributed by atoms with Crippen molar-refractivity contribution in [1.82, 2.24) is 0 Å². The van der Waals surface area contributed by atoms with Gasteiger partial charge in [-0.15, -0.1) is 0 Å². The van der Waals surface area contributed by atoms with Gasteiger partial charge in [0.1, 0.15) is 0 Å². The average molecular weight is 645 g/mol. The Morgan fingerprint density at radius 2 is 0.742 bits per heavy atom. The second-order valence-corrected chi connectivity index (χ2v) is 28.5. The highest BCUT2D eigenvalue weighted by Crippen LogP contribution is 2.03. The zero-order valence-electron chi connectivity index (χ0n) is 17.0. The van der Waals surface area contributed by atoms with Crippen LogP contribution in [0.5, 0.6) is 0 Å². The van der Waals surface area contributed by atoms with Crippen molar-refractivity contribution in [2.45, 2.75) is 0 Å². The van der Waals surface area contributed by atoms with Gasteiger partial charge in [0.25, 0.3) is 110 Å². The van der Waals surface area contributed by atoms with Crippen LogP contribution in [-0.4, -0.2) is 124 Å². The molecule has 1 aliphatic heterocycles. The number of hydrogen-bond donors (Lipinski definition) is 1. The van der Waals surface area contributed by atoms with E-state index < -0.39 is 119 Å². The summed E-state index contributed by atoms with van der Waals surface area (Å²) in [6.45, 7) is 0. The molecule has 1 heterocycles. The van der Waals surface area contributed by atoms with Crippen LogP contribution in [-0.2, 0) is 49.4 Å². The van der Waals surface area contributed by atoms with Gasteiger partial charge in [0, 0.05) is 5.19 Å². The van der Waals surface area contributed by atoms with E-state index in [0.29, 0.717) is 5.19 Å². The molecule has 0 atom stereocenters. The fourth-order valence-electron chi connectivity index (χ4n) is 1.97. The second kappa shape index (κ2) is 19.6. The predicted molar refractivity (Wildman–Crippen MR) is 141 cm³/mol. The molecule has 0 spiro atoms. The first-order valence-electron chi connectivity index (χ1n) is 9.14. The predicted octanol–water partition coefficient (Wildman–Crippen LogP) is -11.0. The molecule has 0 amide bonds. The van der Waals surface area contributed by atoms with Crippen molar-refractivity contribution in [3.05, 3.63) is 30.3 Å². The first kappa shape index (κ1) is 28.5. The van der Waals surface area contributed by atoms with Crippen LogP contribution in [0.25, 0.3) is 0 Å². The van der Waals surface area contributed by atoms with Gasteiger partial charge in [-0.3, -0.25) is 0 Å². The minimum atomic E-state index is -3.57. The summed E-state index contributed by atoms with van der Waals surface area (Å²) >= 11 is 0. The van der Waals surface area contributed by atoms with Gasteiger partial charge in [-0.2, -0.15) is 0 Å². The highest BCUT2D eigenvalue weighted by atomic mass is 28.5. The van der Waals surface area contributed by atoms with Gasteiger partial charge in [0.2, 0.25) is 0 Å². The Morgan fingerprint density at radius 3 is 1.06 bits per heavy atom. The van der Waals surface area contributed by atoms with Gasteiger partial charge in [0.15, 0.2) is 0 Å². The molecule has 1 aromatic carbocycles. The van der Waals surface area contributed by atoms with Crippen LogP contribution >= 0.6 is 0 Å². The highest BCUT2D eigenvalue weighted by molar-refractivity contribution is 6.80. The first-order valence-corrected chi connectivity index (χ1v) is 23.6. The Balaban J connectivity index is 1.75. The van der Waals surface area contributed by atoms with Crippen LogP contribution in [0, 0.1) is 0 Å². The van der Waals surface area contributed by atoms with Crippen molar-refractivity contribution < 1.29 is 54.2 Å². The summed E-state index contributed by atoms with van der Waals surface area (Å²) in [6.07, 6.45) is 0. The first-order chi connectivity index (χ1) is 15.3. The van der Waals surface area contributed by atoms with Crippen LogP contribution in [0.1, 0.15) is 0 Å². The molecule has 0 bridgehead atoms. The van der Waals surface area contributed by atoms with Gasteiger partial charge in [-0.05, 0) is 0 Å². The lowest BCUT2D eigenvalue weighted by atomic mass is 10.4. The van der Waals surface area contributed by atoms with Gasteiger partial charge < -0.3 is 54.2 Å². The Kier molecular flexibility index (Phi) is 18.0. The largest absolute Gasteiger partial charge is 0.515 e. The molecule has 0 aromatic heterocycles. The molecule has 1 N–H and O–H groups in total. The van der Waals surface area contributed by atoms with Crippen LogP contribution in [0.2, 0.25) is 0 Å². The smallest absolute Gasteiger partial charge is 0.425 e. The maximum Gasteiger partial charge on any atom is 0.515 e. The van der Waals surface area contributed by atoms with Crippen molar-refractivity contribution in [2.24, 2.45) is 0 Å².